The van der Waals surface area contributed by atoms with Gasteiger partial charge in [0.05, 0.1) is 32.3 Å². The minimum Gasteiger partial charge on any atom is -0.392 e. The molecule has 0 aliphatic rings. The Hall–Kier alpha value is -2.16. The molecule has 0 saturated heterocycles. The van der Waals surface area contributed by atoms with E-state index in [-0.39, 0.29) is 43.5 Å². The highest BCUT2D eigenvalue weighted by atomic mass is 35.5. The number of benzene rings is 2. The van der Waals surface area contributed by atoms with Gasteiger partial charge in [0.2, 0.25) is 5.78 Å². The molecule has 0 spiro atoms. The third kappa shape index (κ3) is 4.71. The number of sulfonamides is 1. The molecule has 0 amide bonds. The van der Waals surface area contributed by atoms with Crippen LogP contribution < -0.4 is 4.72 Å². The van der Waals surface area contributed by atoms with Crippen molar-refractivity contribution in [3.8, 4) is 0 Å². The fraction of sp³-hybridized carbons (Fsp3) is 0.0526. The van der Waals surface area contributed by atoms with Gasteiger partial charge in [-0.2, -0.15) is 0 Å². The van der Waals surface area contributed by atoms with Crippen LogP contribution in [0.2, 0.25) is 15.1 Å². The van der Waals surface area contributed by atoms with Crippen molar-refractivity contribution in [1.29, 1.82) is 0 Å². The van der Waals surface area contributed by atoms with Crippen LogP contribution in [-0.4, -0.2) is 24.3 Å². The zero-order valence-corrected chi connectivity index (χ0v) is 17.6. The summed E-state index contributed by atoms with van der Waals surface area (Å²) in [5.41, 5.74) is 0.299. The van der Waals surface area contributed by atoms with Crippen LogP contribution in [0.1, 0.15) is 21.6 Å². The first-order valence-corrected chi connectivity index (χ1v) is 10.7. The van der Waals surface area contributed by atoms with Gasteiger partial charge in [0.1, 0.15) is 5.69 Å². The lowest BCUT2D eigenvalue weighted by Gasteiger charge is -2.13. The molecule has 0 unspecified atom stereocenters. The Bertz CT molecular complexity index is 1200. The number of hydrogen-bond donors (Lipinski definition) is 2. The Kier molecular flexibility index (Phi) is 6.45. The molecule has 1 aromatic heterocycles. The molecule has 10 heteroatoms. The molecule has 3 rings (SSSR count). The van der Waals surface area contributed by atoms with Crippen LogP contribution in [0.4, 0.5) is 5.69 Å². The highest BCUT2D eigenvalue weighted by Gasteiger charge is 2.23. The van der Waals surface area contributed by atoms with Gasteiger partial charge < -0.3 is 5.11 Å². The van der Waals surface area contributed by atoms with Crippen LogP contribution >= 0.6 is 34.8 Å². The summed E-state index contributed by atoms with van der Waals surface area (Å²) in [7, 11) is -4.12. The van der Waals surface area contributed by atoms with Gasteiger partial charge in [-0.15, -0.1) is 0 Å². The Labute approximate surface area is 182 Å². The molecule has 0 aliphatic heterocycles. The third-order valence-corrected chi connectivity index (χ3v) is 6.26. The molecule has 0 radical (unpaired) electrons. The molecule has 0 aliphatic carbocycles. The number of aliphatic hydroxyl groups excluding tert-OH is 1. The van der Waals surface area contributed by atoms with E-state index in [2.05, 4.69) is 9.71 Å². The van der Waals surface area contributed by atoms with Gasteiger partial charge in [-0.3, -0.25) is 9.52 Å². The van der Waals surface area contributed by atoms with Crippen LogP contribution in [-0.2, 0) is 16.6 Å². The average molecular weight is 472 g/mol. The van der Waals surface area contributed by atoms with Crippen LogP contribution in [0.25, 0.3) is 0 Å². The number of pyridine rings is 1. The first kappa shape index (κ1) is 21.5. The summed E-state index contributed by atoms with van der Waals surface area (Å²) < 4.78 is 27.9. The number of anilines is 1. The zero-order chi connectivity index (χ0) is 21.2. The maximum Gasteiger partial charge on any atom is 0.262 e. The number of carbonyl (C=O) groups excluding carboxylic acids is 1. The topological polar surface area (TPSA) is 96.4 Å². The lowest BCUT2D eigenvalue weighted by Crippen LogP contribution is -2.17. The minimum absolute atomic E-state index is 0.0620. The summed E-state index contributed by atoms with van der Waals surface area (Å²) in [5, 5.41) is 9.87. The van der Waals surface area contributed by atoms with E-state index >= 15 is 0 Å². The molecule has 2 aromatic carbocycles. The Morgan fingerprint density at radius 2 is 1.76 bits per heavy atom. The number of aliphatic hydroxyl groups is 1. The van der Waals surface area contributed by atoms with Crippen molar-refractivity contribution in [3.63, 3.8) is 0 Å². The second kappa shape index (κ2) is 8.69. The predicted molar refractivity (Wildman–Crippen MR) is 112 cm³/mol. The van der Waals surface area contributed by atoms with Crippen molar-refractivity contribution in [3.05, 3.63) is 86.6 Å². The number of nitrogens with zero attached hydrogens (tertiary/aromatic N) is 1. The van der Waals surface area contributed by atoms with Gasteiger partial charge in [-0.05, 0) is 29.8 Å². The maximum atomic E-state index is 13.0. The summed E-state index contributed by atoms with van der Waals surface area (Å²) in [6, 6.07) is 11.5. The summed E-state index contributed by atoms with van der Waals surface area (Å²) in [6.07, 6.45) is 1.23. The van der Waals surface area contributed by atoms with Crippen LogP contribution in [0.5, 0.6) is 0 Å². The number of rotatable bonds is 6. The molecule has 0 bridgehead atoms. The molecule has 2 N–H and O–H groups in total. The van der Waals surface area contributed by atoms with Crippen molar-refractivity contribution >= 4 is 56.3 Å². The van der Waals surface area contributed by atoms with Crippen molar-refractivity contribution in [2.75, 3.05) is 4.72 Å². The Morgan fingerprint density at radius 1 is 1.03 bits per heavy atom. The van der Waals surface area contributed by atoms with E-state index in [0.717, 1.165) is 0 Å². The Balaban J connectivity index is 2.05. The van der Waals surface area contributed by atoms with E-state index in [1.54, 1.807) is 18.2 Å². The molecular formula is C19H13Cl3N2O4S. The normalized spacial score (nSPS) is 11.3. The second-order valence-corrected chi connectivity index (χ2v) is 8.81. The first-order valence-electron chi connectivity index (χ1n) is 8.10. The van der Waals surface area contributed by atoms with Crippen LogP contribution in [0, 0.1) is 0 Å². The van der Waals surface area contributed by atoms with E-state index in [1.807, 2.05) is 0 Å². The summed E-state index contributed by atoms with van der Waals surface area (Å²) in [5.74, 6) is -0.571. The van der Waals surface area contributed by atoms with Gasteiger partial charge >= 0.3 is 0 Å². The van der Waals surface area contributed by atoms with Gasteiger partial charge in [0.25, 0.3) is 10.0 Å². The molecule has 0 atom stereocenters. The van der Waals surface area contributed by atoms with Crippen LogP contribution in [0.15, 0.2) is 59.6 Å². The molecule has 0 fully saturated rings. The van der Waals surface area contributed by atoms with E-state index < -0.39 is 15.8 Å². The fourth-order valence-electron chi connectivity index (χ4n) is 2.55. The number of nitrogens with one attached hydrogen (secondary N) is 1. The fourth-order valence-corrected chi connectivity index (χ4v) is 4.16. The molecule has 0 saturated carbocycles. The van der Waals surface area contributed by atoms with Gasteiger partial charge in [-0.25, -0.2) is 13.4 Å². The monoisotopic (exact) mass is 470 g/mol. The number of aromatic nitrogens is 1. The van der Waals surface area contributed by atoms with E-state index in [0.29, 0.717) is 5.56 Å². The van der Waals surface area contributed by atoms with Crippen molar-refractivity contribution in [1.82, 2.24) is 4.98 Å². The van der Waals surface area contributed by atoms with E-state index in [4.69, 9.17) is 34.8 Å². The number of carbonyl (C=O) groups is 1. The smallest absolute Gasteiger partial charge is 0.262 e. The SMILES string of the molecule is O=C(c1ccccc1CO)c1ncc(Cl)cc1NS(=O)(=O)c1ccc(Cl)c(Cl)c1. The highest BCUT2D eigenvalue weighted by Crippen LogP contribution is 2.28. The first-order chi connectivity index (χ1) is 13.7. The number of hydrogen-bond acceptors (Lipinski definition) is 5. The number of halogens is 3. The van der Waals surface area contributed by atoms with Gasteiger partial charge in [0, 0.05) is 11.8 Å². The number of ketones is 1. The molecular weight excluding hydrogens is 459 g/mol. The Morgan fingerprint density at radius 3 is 2.45 bits per heavy atom. The molecule has 150 valence electrons. The minimum atomic E-state index is -4.12. The molecule has 6 nitrogen and oxygen atoms in total. The van der Waals surface area contributed by atoms with Crippen molar-refractivity contribution in [2.45, 2.75) is 11.5 Å². The lowest BCUT2D eigenvalue weighted by atomic mass is 10.0. The molecule has 1 heterocycles. The predicted octanol–water partition coefficient (Wildman–Crippen LogP) is 4.57. The third-order valence-electron chi connectivity index (χ3n) is 3.95. The van der Waals surface area contributed by atoms with Crippen molar-refractivity contribution < 1.29 is 18.3 Å². The second-order valence-electron chi connectivity index (χ2n) is 5.88. The quantitative estimate of drug-likeness (QED) is 0.514. The maximum absolute atomic E-state index is 13.0. The van der Waals surface area contributed by atoms with Crippen LogP contribution in [0.3, 0.4) is 0 Å². The van der Waals surface area contributed by atoms with Gasteiger partial charge in [0.15, 0.2) is 0 Å². The van der Waals surface area contributed by atoms with Crippen molar-refractivity contribution in [2.24, 2.45) is 0 Å². The standard InChI is InChI=1S/C19H13Cl3N2O4S/c20-12-7-17(24-29(27,28)13-5-6-15(21)16(22)8-13)18(23-9-12)19(26)14-4-2-1-3-11(14)10-25/h1-9,24-25H,10H2. The zero-order valence-electron chi connectivity index (χ0n) is 14.6. The van der Waals surface area contributed by atoms with Gasteiger partial charge in [-0.1, -0.05) is 59.1 Å². The summed E-state index contributed by atoms with van der Waals surface area (Å²) in [6.45, 7) is -0.361. The molecule has 29 heavy (non-hydrogen) atoms. The van der Waals surface area contributed by atoms with E-state index in [9.17, 15) is 18.3 Å². The lowest BCUT2D eigenvalue weighted by molar-refractivity contribution is 0.103. The average Bonchev–Trinajstić information content (AvgIpc) is 2.69. The summed E-state index contributed by atoms with van der Waals surface area (Å²) in [4.78, 5) is 16.8. The highest BCUT2D eigenvalue weighted by molar-refractivity contribution is 7.92. The summed E-state index contributed by atoms with van der Waals surface area (Å²) >= 11 is 17.7. The largest absolute Gasteiger partial charge is 0.392 e. The van der Waals surface area contributed by atoms with E-state index in [1.165, 1.54) is 36.5 Å². The molecule has 3 aromatic rings.